The molecule has 35 heavy (non-hydrogen) atoms. The minimum Gasteiger partial charge on any atom is -0.497 e. The number of nitrogens with one attached hydrogen (secondary N) is 2. The first-order chi connectivity index (χ1) is 16.9. The third kappa shape index (κ3) is 9.36. The third-order valence-electron chi connectivity index (χ3n) is 4.74. The van der Waals surface area contributed by atoms with E-state index in [1.165, 1.54) is 14.2 Å². The van der Waals surface area contributed by atoms with Gasteiger partial charge in [-0.05, 0) is 42.8 Å². The Balaban J connectivity index is 1.73. The van der Waals surface area contributed by atoms with Crippen molar-refractivity contribution < 1.29 is 38.1 Å². The van der Waals surface area contributed by atoms with Crippen LogP contribution in [0.25, 0.3) is 0 Å². The van der Waals surface area contributed by atoms with E-state index >= 15 is 0 Å². The summed E-state index contributed by atoms with van der Waals surface area (Å²) in [4.78, 5) is 48.1. The fourth-order valence-corrected chi connectivity index (χ4v) is 2.84. The van der Waals surface area contributed by atoms with E-state index < -0.39 is 30.4 Å². The van der Waals surface area contributed by atoms with Crippen molar-refractivity contribution in [3.63, 3.8) is 0 Å². The van der Waals surface area contributed by atoms with Gasteiger partial charge in [0.05, 0.1) is 38.5 Å². The minimum atomic E-state index is -0.696. The summed E-state index contributed by atoms with van der Waals surface area (Å²) in [6, 6.07) is 11.1. The zero-order valence-electron chi connectivity index (χ0n) is 20.1. The molecule has 0 bridgehead atoms. The van der Waals surface area contributed by atoms with Gasteiger partial charge in [-0.3, -0.25) is 14.4 Å². The van der Waals surface area contributed by atoms with Crippen molar-refractivity contribution in [2.75, 3.05) is 38.1 Å². The van der Waals surface area contributed by atoms with Gasteiger partial charge in [-0.2, -0.15) is 0 Å². The number of benzene rings is 2. The van der Waals surface area contributed by atoms with E-state index in [1.807, 2.05) is 6.92 Å². The zero-order chi connectivity index (χ0) is 25.6. The molecule has 0 aliphatic carbocycles. The van der Waals surface area contributed by atoms with Gasteiger partial charge < -0.3 is 29.6 Å². The Morgan fingerprint density at radius 1 is 0.829 bits per heavy atom. The second-order valence-corrected chi connectivity index (χ2v) is 7.39. The van der Waals surface area contributed by atoms with Crippen molar-refractivity contribution in [1.82, 2.24) is 0 Å². The molecule has 0 atom stereocenters. The van der Waals surface area contributed by atoms with Crippen LogP contribution in [0.1, 0.15) is 43.0 Å². The maximum Gasteiger partial charge on any atom is 0.338 e. The first-order valence-corrected chi connectivity index (χ1v) is 11.1. The number of hydrogen-bond acceptors (Lipinski definition) is 8. The van der Waals surface area contributed by atoms with Gasteiger partial charge in [0.1, 0.15) is 11.5 Å². The Morgan fingerprint density at radius 2 is 1.57 bits per heavy atom. The molecule has 2 aromatic carbocycles. The highest BCUT2D eigenvalue weighted by Gasteiger charge is 2.14. The van der Waals surface area contributed by atoms with E-state index in [0.29, 0.717) is 35.0 Å². The summed E-state index contributed by atoms with van der Waals surface area (Å²) >= 11 is 0. The summed E-state index contributed by atoms with van der Waals surface area (Å²) in [5.74, 6) is -1.16. The molecule has 188 valence electrons. The lowest BCUT2D eigenvalue weighted by atomic mass is 10.2. The van der Waals surface area contributed by atoms with Crippen LogP contribution in [0.2, 0.25) is 0 Å². The fourth-order valence-electron chi connectivity index (χ4n) is 2.84. The second-order valence-electron chi connectivity index (χ2n) is 7.39. The average Bonchev–Trinajstić information content (AvgIpc) is 2.86. The molecule has 0 fully saturated rings. The number of unbranched alkanes of at least 4 members (excludes halogenated alkanes) is 1. The van der Waals surface area contributed by atoms with Crippen molar-refractivity contribution in [2.24, 2.45) is 0 Å². The first-order valence-electron chi connectivity index (χ1n) is 11.1. The van der Waals surface area contributed by atoms with Crippen molar-refractivity contribution in [3.05, 3.63) is 48.0 Å². The number of amides is 2. The van der Waals surface area contributed by atoms with Gasteiger partial charge in [0.15, 0.2) is 6.61 Å². The molecule has 2 aromatic rings. The van der Waals surface area contributed by atoms with Crippen LogP contribution in [0.4, 0.5) is 11.4 Å². The standard InChI is InChI=1S/C25H30N2O8/c1-4-5-14-34-25(31)17-6-8-18(9-7-17)26-22(28)12-13-24(30)35-16-23(29)27-20-15-19(32-2)10-11-21(20)33-3/h6-11,15H,4-5,12-14,16H2,1-3H3,(H,26,28)(H,27,29). The van der Waals surface area contributed by atoms with E-state index in [-0.39, 0.29) is 12.8 Å². The SMILES string of the molecule is CCCCOC(=O)c1ccc(NC(=O)CCC(=O)OCC(=O)Nc2cc(OC)ccc2OC)cc1. The van der Waals surface area contributed by atoms with Crippen molar-refractivity contribution in [2.45, 2.75) is 32.6 Å². The van der Waals surface area contributed by atoms with Crippen LogP contribution in [-0.2, 0) is 23.9 Å². The number of carbonyl (C=O) groups excluding carboxylic acids is 4. The summed E-state index contributed by atoms with van der Waals surface area (Å²) in [6.45, 7) is 1.85. The van der Waals surface area contributed by atoms with Crippen LogP contribution in [0, 0.1) is 0 Å². The monoisotopic (exact) mass is 486 g/mol. The Kier molecular flexibility index (Phi) is 11.1. The van der Waals surface area contributed by atoms with Gasteiger partial charge >= 0.3 is 11.9 Å². The lowest BCUT2D eigenvalue weighted by Crippen LogP contribution is -2.22. The zero-order valence-corrected chi connectivity index (χ0v) is 20.1. The quantitative estimate of drug-likeness (QED) is 0.325. The topological polar surface area (TPSA) is 129 Å². The van der Waals surface area contributed by atoms with Crippen LogP contribution in [-0.4, -0.2) is 51.2 Å². The van der Waals surface area contributed by atoms with Crippen molar-refractivity contribution in [1.29, 1.82) is 0 Å². The lowest BCUT2D eigenvalue weighted by molar-refractivity contribution is -0.147. The molecule has 2 N–H and O–H groups in total. The summed E-state index contributed by atoms with van der Waals surface area (Å²) in [5.41, 5.74) is 1.22. The molecule has 0 heterocycles. The van der Waals surface area contributed by atoms with Crippen LogP contribution in [0.3, 0.4) is 0 Å². The molecule has 0 aliphatic heterocycles. The normalized spacial score (nSPS) is 10.1. The summed E-state index contributed by atoms with van der Waals surface area (Å²) in [6.07, 6.45) is 1.38. The average molecular weight is 487 g/mol. The molecule has 10 nitrogen and oxygen atoms in total. The van der Waals surface area contributed by atoms with Gasteiger partial charge in [0.2, 0.25) is 5.91 Å². The fraction of sp³-hybridized carbons (Fsp3) is 0.360. The highest BCUT2D eigenvalue weighted by atomic mass is 16.5. The van der Waals surface area contributed by atoms with Gasteiger partial charge in [0, 0.05) is 18.2 Å². The summed E-state index contributed by atoms with van der Waals surface area (Å²) in [5, 5.41) is 5.22. The molecule has 10 heteroatoms. The van der Waals surface area contributed by atoms with Crippen LogP contribution < -0.4 is 20.1 Å². The van der Waals surface area contributed by atoms with Crippen molar-refractivity contribution >= 4 is 35.1 Å². The molecule has 2 amide bonds. The van der Waals surface area contributed by atoms with Crippen LogP contribution in [0.15, 0.2) is 42.5 Å². The maximum absolute atomic E-state index is 12.1. The summed E-state index contributed by atoms with van der Waals surface area (Å²) in [7, 11) is 2.95. The molecule has 0 saturated heterocycles. The molecule has 0 spiro atoms. The predicted molar refractivity (Wildman–Crippen MR) is 129 cm³/mol. The second kappa shape index (κ2) is 14.2. The lowest BCUT2D eigenvalue weighted by Gasteiger charge is -2.12. The van der Waals surface area contributed by atoms with E-state index in [9.17, 15) is 19.2 Å². The summed E-state index contributed by atoms with van der Waals surface area (Å²) < 4.78 is 20.4. The van der Waals surface area contributed by atoms with Gasteiger partial charge in [0.25, 0.3) is 5.91 Å². The molecule has 0 saturated carbocycles. The largest absolute Gasteiger partial charge is 0.497 e. The molecule has 0 radical (unpaired) electrons. The minimum absolute atomic E-state index is 0.134. The molecule has 0 aliphatic rings. The molecule has 2 rings (SSSR count). The third-order valence-corrected chi connectivity index (χ3v) is 4.74. The number of carbonyl (C=O) groups is 4. The number of ether oxygens (including phenoxy) is 4. The molecular formula is C25H30N2O8. The Bertz CT molecular complexity index is 1020. The first kappa shape index (κ1) is 27.2. The molecule has 0 unspecified atom stereocenters. The van der Waals surface area contributed by atoms with E-state index in [4.69, 9.17) is 18.9 Å². The highest BCUT2D eigenvalue weighted by Crippen LogP contribution is 2.28. The van der Waals surface area contributed by atoms with E-state index in [0.717, 1.165) is 12.8 Å². The van der Waals surface area contributed by atoms with Gasteiger partial charge in [-0.15, -0.1) is 0 Å². The number of rotatable bonds is 13. The molecular weight excluding hydrogens is 456 g/mol. The highest BCUT2D eigenvalue weighted by molar-refractivity contribution is 5.96. The molecule has 0 aromatic heterocycles. The van der Waals surface area contributed by atoms with Gasteiger partial charge in [-0.25, -0.2) is 4.79 Å². The van der Waals surface area contributed by atoms with E-state index in [1.54, 1.807) is 42.5 Å². The van der Waals surface area contributed by atoms with Gasteiger partial charge in [-0.1, -0.05) is 13.3 Å². The Morgan fingerprint density at radius 3 is 2.23 bits per heavy atom. The van der Waals surface area contributed by atoms with E-state index in [2.05, 4.69) is 10.6 Å². The smallest absolute Gasteiger partial charge is 0.338 e. The number of anilines is 2. The number of methoxy groups -OCH3 is 2. The Hall–Kier alpha value is -4.08. The maximum atomic E-state index is 12.1. The predicted octanol–water partition coefficient (Wildman–Crippen LogP) is 3.56. The van der Waals surface area contributed by atoms with Crippen molar-refractivity contribution in [3.8, 4) is 11.5 Å². The number of esters is 2. The van der Waals surface area contributed by atoms with Crippen LogP contribution >= 0.6 is 0 Å². The number of hydrogen-bond donors (Lipinski definition) is 2. The van der Waals surface area contributed by atoms with Crippen LogP contribution in [0.5, 0.6) is 11.5 Å². The Labute approximate surface area is 203 Å².